The minimum atomic E-state index is 0.595. The molecule has 1 aliphatic rings. The van der Waals surface area contributed by atoms with E-state index in [1.165, 1.54) is 23.1 Å². The summed E-state index contributed by atoms with van der Waals surface area (Å²) in [5.74, 6) is 2.55. The molecule has 2 aromatic rings. The molecule has 0 bridgehead atoms. The lowest BCUT2D eigenvalue weighted by Gasteiger charge is -2.08. The SMILES string of the molecule is CCNc1nc(NC2CC2CC)c2cc(CC)sc2n1. The number of nitrogens with zero attached hydrogens (tertiary/aromatic N) is 2. The Hall–Kier alpha value is -1.36. The number of aryl methyl sites for hydroxylation is 1. The second-order valence-electron chi connectivity index (χ2n) is 5.37. The predicted molar refractivity (Wildman–Crippen MR) is 86.8 cm³/mol. The standard InChI is InChI=1S/C15H22N4S/c1-4-9-7-12(9)17-13-11-8-10(5-2)20-14(11)19-15(18-13)16-6-3/h8-9,12H,4-7H2,1-3H3,(H2,16,17,18,19). The molecular weight excluding hydrogens is 268 g/mol. The van der Waals surface area contributed by atoms with Crippen molar-refractivity contribution < 1.29 is 0 Å². The topological polar surface area (TPSA) is 49.8 Å². The normalized spacial score (nSPS) is 21.1. The van der Waals surface area contributed by atoms with Gasteiger partial charge in [0.2, 0.25) is 5.95 Å². The molecule has 1 aliphatic carbocycles. The highest BCUT2D eigenvalue weighted by molar-refractivity contribution is 7.18. The van der Waals surface area contributed by atoms with Crippen LogP contribution in [0.5, 0.6) is 0 Å². The Bertz CT molecular complexity index is 607. The Labute approximate surface area is 124 Å². The molecule has 0 saturated heterocycles. The van der Waals surface area contributed by atoms with Crippen molar-refractivity contribution in [3.63, 3.8) is 0 Å². The van der Waals surface area contributed by atoms with Crippen LogP contribution in [-0.4, -0.2) is 22.6 Å². The van der Waals surface area contributed by atoms with Gasteiger partial charge in [0.15, 0.2) is 0 Å². The van der Waals surface area contributed by atoms with Crippen LogP contribution in [-0.2, 0) is 6.42 Å². The Kier molecular flexibility index (Phi) is 3.78. The number of hydrogen-bond donors (Lipinski definition) is 2. The molecule has 2 unspecified atom stereocenters. The van der Waals surface area contributed by atoms with E-state index in [0.29, 0.717) is 6.04 Å². The third kappa shape index (κ3) is 2.59. The molecule has 2 atom stereocenters. The second kappa shape index (κ2) is 5.56. The van der Waals surface area contributed by atoms with Crippen molar-refractivity contribution in [1.82, 2.24) is 9.97 Å². The van der Waals surface area contributed by atoms with Crippen LogP contribution >= 0.6 is 11.3 Å². The van der Waals surface area contributed by atoms with E-state index in [0.717, 1.165) is 35.5 Å². The van der Waals surface area contributed by atoms with Crippen molar-refractivity contribution in [1.29, 1.82) is 0 Å². The van der Waals surface area contributed by atoms with Crippen LogP contribution in [0.3, 0.4) is 0 Å². The monoisotopic (exact) mass is 290 g/mol. The van der Waals surface area contributed by atoms with E-state index < -0.39 is 0 Å². The first-order chi connectivity index (χ1) is 9.75. The summed E-state index contributed by atoms with van der Waals surface area (Å²) < 4.78 is 0. The highest BCUT2D eigenvalue weighted by Crippen LogP contribution is 2.38. The van der Waals surface area contributed by atoms with E-state index in [1.54, 1.807) is 11.3 Å². The molecule has 3 rings (SSSR count). The van der Waals surface area contributed by atoms with Crippen LogP contribution < -0.4 is 10.6 Å². The Morgan fingerprint density at radius 1 is 1.30 bits per heavy atom. The molecule has 20 heavy (non-hydrogen) atoms. The van der Waals surface area contributed by atoms with E-state index in [-0.39, 0.29) is 0 Å². The molecule has 0 spiro atoms. The van der Waals surface area contributed by atoms with Crippen molar-refractivity contribution in [2.24, 2.45) is 5.92 Å². The average molecular weight is 290 g/mol. The smallest absolute Gasteiger partial charge is 0.226 e. The van der Waals surface area contributed by atoms with Gasteiger partial charge in [0.25, 0.3) is 0 Å². The van der Waals surface area contributed by atoms with Gasteiger partial charge in [-0.1, -0.05) is 20.3 Å². The summed E-state index contributed by atoms with van der Waals surface area (Å²) in [6, 6.07) is 2.83. The summed E-state index contributed by atoms with van der Waals surface area (Å²) in [5.41, 5.74) is 0. The van der Waals surface area contributed by atoms with Crippen LogP contribution in [0.1, 0.15) is 38.5 Å². The lowest BCUT2D eigenvalue weighted by molar-refractivity contribution is 0.774. The molecule has 2 heterocycles. The lowest BCUT2D eigenvalue weighted by Crippen LogP contribution is -2.09. The zero-order valence-electron chi connectivity index (χ0n) is 12.4. The highest BCUT2D eigenvalue weighted by atomic mass is 32.1. The van der Waals surface area contributed by atoms with Gasteiger partial charge in [-0.25, -0.2) is 4.98 Å². The van der Waals surface area contributed by atoms with Gasteiger partial charge in [0.05, 0.1) is 5.39 Å². The molecule has 4 nitrogen and oxygen atoms in total. The number of fused-ring (bicyclic) bond motifs is 1. The van der Waals surface area contributed by atoms with Gasteiger partial charge in [-0.05, 0) is 31.7 Å². The molecule has 1 fully saturated rings. The van der Waals surface area contributed by atoms with Crippen LogP contribution in [0.25, 0.3) is 10.2 Å². The summed E-state index contributed by atoms with van der Waals surface area (Å²) in [5, 5.41) is 8.02. The molecule has 1 saturated carbocycles. The third-order valence-electron chi connectivity index (χ3n) is 3.90. The van der Waals surface area contributed by atoms with Gasteiger partial charge < -0.3 is 10.6 Å². The molecule has 0 amide bonds. The van der Waals surface area contributed by atoms with Crippen molar-refractivity contribution in [2.75, 3.05) is 17.2 Å². The summed E-state index contributed by atoms with van der Waals surface area (Å²) in [6.07, 6.45) is 3.57. The van der Waals surface area contributed by atoms with E-state index >= 15 is 0 Å². The van der Waals surface area contributed by atoms with Crippen LogP contribution in [0.4, 0.5) is 11.8 Å². The molecule has 2 N–H and O–H groups in total. The fourth-order valence-electron chi connectivity index (χ4n) is 2.54. The number of rotatable bonds is 6. The van der Waals surface area contributed by atoms with Crippen molar-refractivity contribution in [3.05, 3.63) is 10.9 Å². The van der Waals surface area contributed by atoms with Gasteiger partial charge in [0, 0.05) is 17.5 Å². The molecule has 108 valence electrons. The molecule has 0 aliphatic heterocycles. The molecule has 0 radical (unpaired) electrons. The minimum Gasteiger partial charge on any atom is -0.366 e. The second-order valence-corrected chi connectivity index (χ2v) is 6.48. The molecule has 5 heteroatoms. The first-order valence-corrected chi connectivity index (χ1v) is 8.37. The van der Waals surface area contributed by atoms with Crippen molar-refractivity contribution in [3.8, 4) is 0 Å². The zero-order chi connectivity index (χ0) is 14.1. The van der Waals surface area contributed by atoms with E-state index in [2.05, 4.69) is 47.4 Å². The molecule has 0 aromatic carbocycles. The highest BCUT2D eigenvalue weighted by Gasteiger charge is 2.35. The third-order valence-corrected chi connectivity index (χ3v) is 5.07. The first-order valence-electron chi connectivity index (χ1n) is 7.56. The Balaban J connectivity index is 1.95. The molecule has 2 aromatic heterocycles. The summed E-state index contributed by atoms with van der Waals surface area (Å²) >= 11 is 1.77. The van der Waals surface area contributed by atoms with Gasteiger partial charge in [-0.15, -0.1) is 11.3 Å². The van der Waals surface area contributed by atoms with E-state index in [1.807, 2.05) is 0 Å². The maximum Gasteiger partial charge on any atom is 0.226 e. The summed E-state index contributed by atoms with van der Waals surface area (Å²) in [7, 11) is 0. The van der Waals surface area contributed by atoms with Gasteiger partial charge in [-0.2, -0.15) is 4.98 Å². The van der Waals surface area contributed by atoms with E-state index in [4.69, 9.17) is 0 Å². The van der Waals surface area contributed by atoms with Crippen LogP contribution in [0, 0.1) is 5.92 Å². The summed E-state index contributed by atoms with van der Waals surface area (Å²) in [4.78, 5) is 11.7. The number of thiophene rings is 1. The largest absolute Gasteiger partial charge is 0.366 e. The number of anilines is 2. The Morgan fingerprint density at radius 3 is 2.80 bits per heavy atom. The molecular formula is C15H22N4S. The zero-order valence-corrected chi connectivity index (χ0v) is 13.2. The minimum absolute atomic E-state index is 0.595. The fraction of sp³-hybridized carbons (Fsp3) is 0.600. The first kappa shape index (κ1) is 13.6. The van der Waals surface area contributed by atoms with E-state index in [9.17, 15) is 0 Å². The summed E-state index contributed by atoms with van der Waals surface area (Å²) in [6.45, 7) is 7.36. The number of aromatic nitrogens is 2. The lowest BCUT2D eigenvalue weighted by atomic mass is 10.3. The predicted octanol–water partition coefficient (Wildman–Crippen LogP) is 3.90. The van der Waals surface area contributed by atoms with Gasteiger partial charge in [0.1, 0.15) is 10.6 Å². The maximum atomic E-state index is 4.66. The van der Waals surface area contributed by atoms with Gasteiger partial charge >= 0.3 is 0 Å². The van der Waals surface area contributed by atoms with Crippen LogP contribution in [0.15, 0.2) is 6.07 Å². The maximum absolute atomic E-state index is 4.66. The average Bonchev–Trinajstić information content (AvgIpc) is 3.06. The quantitative estimate of drug-likeness (QED) is 0.847. The van der Waals surface area contributed by atoms with Crippen molar-refractivity contribution >= 4 is 33.3 Å². The Morgan fingerprint density at radius 2 is 2.15 bits per heavy atom. The number of nitrogens with one attached hydrogen (secondary N) is 2. The fourth-order valence-corrected chi connectivity index (χ4v) is 3.51. The number of hydrogen-bond acceptors (Lipinski definition) is 5. The van der Waals surface area contributed by atoms with Crippen LogP contribution in [0.2, 0.25) is 0 Å². The van der Waals surface area contributed by atoms with Crippen molar-refractivity contribution in [2.45, 2.75) is 46.1 Å². The van der Waals surface area contributed by atoms with Gasteiger partial charge in [-0.3, -0.25) is 0 Å².